The highest BCUT2D eigenvalue weighted by molar-refractivity contribution is 5.95. The summed E-state index contributed by atoms with van der Waals surface area (Å²) in [5.41, 5.74) is 1.98. The second kappa shape index (κ2) is 8.95. The lowest BCUT2D eigenvalue weighted by molar-refractivity contribution is 0.151. The summed E-state index contributed by atoms with van der Waals surface area (Å²) in [7, 11) is 0. The van der Waals surface area contributed by atoms with Gasteiger partial charge in [-0.25, -0.2) is 13.8 Å². The molecular formula is C21H23F2NO3. The number of benzene rings is 2. The van der Waals surface area contributed by atoms with Crippen LogP contribution in [0.4, 0.5) is 8.78 Å². The minimum absolute atomic E-state index is 0.0119. The molecule has 0 saturated carbocycles. The quantitative estimate of drug-likeness (QED) is 0.653. The molecule has 4 nitrogen and oxygen atoms in total. The Morgan fingerprint density at radius 3 is 2.67 bits per heavy atom. The van der Waals surface area contributed by atoms with Crippen molar-refractivity contribution in [2.45, 2.75) is 26.3 Å². The van der Waals surface area contributed by atoms with Crippen LogP contribution in [0.2, 0.25) is 0 Å². The highest BCUT2D eigenvalue weighted by atomic mass is 19.1. The molecule has 0 bridgehead atoms. The Morgan fingerprint density at radius 2 is 1.96 bits per heavy atom. The summed E-state index contributed by atoms with van der Waals surface area (Å²) in [6.07, 6.45) is 0.854. The Balaban J connectivity index is 1.60. The molecule has 0 N–H and O–H groups in total. The van der Waals surface area contributed by atoms with Gasteiger partial charge in [0, 0.05) is 6.61 Å². The Kier molecular flexibility index (Phi) is 6.40. The average molecular weight is 375 g/mol. The summed E-state index contributed by atoms with van der Waals surface area (Å²) in [6, 6.07) is 9.38. The van der Waals surface area contributed by atoms with E-state index in [2.05, 4.69) is 11.1 Å². The highest BCUT2D eigenvalue weighted by Crippen LogP contribution is 2.22. The minimum Gasteiger partial charge on any atom is -0.491 e. The van der Waals surface area contributed by atoms with E-state index in [9.17, 15) is 8.78 Å². The van der Waals surface area contributed by atoms with E-state index in [1.165, 1.54) is 23.8 Å². The molecule has 0 aromatic heterocycles. The third-order valence-corrected chi connectivity index (χ3v) is 4.30. The predicted octanol–water partition coefficient (Wildman–Crippen LogP) is 4.08. The van der Waals surface area contributed by atoms with Crippen LogP contribution in [0.5, 0.6) is 5.75 Å². The van der Waals surface area contributed by atoms with Crippen LogP contribution in [-0.2, 0) is 15.9 Å². The fraction of sp³-hybridized carbons (Fsp3) is 0.381. The Labute approximate surface area is 157 Å². The lowest BCUT2D eigenvalue weighted by Crippen LogP contribution is -2.17. The number of hydrogen-bond donors (Lipinski definition) is 0. The Hall–Kier alpha value is -2.47. The number of aliphatic imine (C=N–C) groups is 1. The maximum Gasteiger partial charge on any atom is 0.222 e. The van der Waals surface area contributed by atoms with E-state index in [4.69, 9.17) is 14.2 Å². The first kappa shape index (κ1) is 19.3. The summed E-state index contributed by atoms with van der Waals surface area (Å²) < 4.78 is 44.3. The predicted molar refractivity (Wildman–Crippen MR) is 99.5 cm³/mol. The highest BCUT2D eigenvalue weighted by Gasteiger charge is 2.25. The van der Waals surface area contributed by atoms with Gasteiger partial charge in [0.2, 0.25) is 5.90 Å². The van der Waals surface area contributed by atoms with Crippen molar-refractivity contribution >= 4 is 5.90 Å². The van der Waals surface area contributed by atoms with Gasteiger partial charge in [0.15, 0.2) is 0 Å². The largest absolute Gasteiger partial charge is 0.491 e. The molecule has 0 saturated heterocycles. The van der Waals surface area contributed by atoms with Gasteiger partial charge in [-0.05, 0) is 49.6 Å². The summed E-state index contributed by atoms with van der Waals surface area (Å²) in [5, 5.41) is 0. The number of halogens is 2. The molecule has 1 heterocycles. The van der Waals surface area contributed by atoms with Crippen LogP contribution < -0.4 is 4.74 Å². The van der Waals surface area contributed by atoms with Crippen LogP contribution >= 0.6 is 0 Å². The first-order valence-electron chi connectivity index (χ1n) is 9.03. The zero-order valence-corrected chi connectivity index (χ0v) is 15.5. The number of ether oxygens (including phenoxy) is 3. The van der Waals surface area contributed by atoms with Crippen molar-refractivity contribution < 1.29 is 23.0 Å². The van der Waals surface area contributed by atoms with Crippen molar-refractivity contribution in [1.29, 1.82) is 0 Å². The lowest BCUT2D eigenvalue weighted by atomic mass is 10.1. The molecule has 1 unspecified atom stereocenters. The van der Waals surface area contributed by atoms with Crippen molar-refractivity contribution in [3.05, 3.63) is 64.7 Å². The van der Waals surface area contributed by atoms with Gasteiger partial charge in [0.1, 0.15) is 42.2 Å². The molecule has 0 radical (unpaired) electrons. The lowest BCUT2D eigenvalue weighted by Gasteiger charge is -2.12. The molecule has 2 aromatic rings. The molecule has 0 aliphatic carbocycles. The second-order valence-corrected chi connectivity index (χ2v) is 6.35. The first-order chi connectivity index (χ1) is 13.1. The molecule has 27 heavy (non-hydrogen) atoms. The van der Waals surface area contributed by atoms with Crippen molar-refractivity contribution in [3.63, 3.8) is 0 Å². The van der Waals surface area contributed by atoms with E-state index in [0.717, 1.165) is 17.7 Å². The molecule has 144 valence electrons. The molecule has 3 rings (SSSR count). The van der Waals surface area contributed by atoms with Crippen molar-refractivity contribution in [3.8, 4) is 5.75 Å². The van der Waals surface area contributed by atoms with E-state index in [0.29, 0.717) is 13.2 Å². The summed E-state index contributed by atoms with van der Waals surface area (Å²) in [6.45, 7) is 5.87. The zero-order valence-electron chi connectivity index (χ0n) is 15.5. The molecule has 1 atom stereocenters. The summed E-state index contributed by atoms with van der Waals surface area (Å²) in [5.74, 6) is -0.624. The summed E-state index contributed by atoms with van der Waals surface area (Å²) in [4.78, 5) is 4.27. The van der Waals surface area contributed by atoms with Crippen LogP contribution in [-0.4, -0.2) is 38.4 Å². The SMILES string of the molecule is CCOCCc1ccc(OCC2COC(c3c(F)cccc3F)=N2)c(C)c1. The van der Waals surface area contributed by atoms with Gasteiger partial charge in [-0.3, -0.25) is 0 Å². The van der Waals surface area contributed by atoms with E-state index >= 15 is 0 Å². The minimum atomic E-state index is -0.686. The molecule has 2 aromatic carbocycles. The molecule has 6 heteroatoms. The number of rotatable bonds is 8. The standard InChI is InChI=1S/C21H23F2NO3/c1-3-25-10-9-15-7-8-19(14(2)11-15)26-12-16-13-27-21(24-16)20-17(22)5-4-6-18(20)23/h4-8,11,16H,3,9-10,12-13H2,1-2H3. The maximum absolute atomic E-state index is 13.8. The van der Waals surface area contributed by atoms with Gasteiger partial charge in [0.05, 0.1) is 6.61 Å². The fourth-order valence-electron chi connectivity index (χ4n) is 2.89. The average Bonchev–Trinajstić information content (AvgIpc) is 3.09. The van der Waals surface area contributed by atoms with Crippen molar-refractivity contribution in [1.82, 2.24) is 0 Å². The molecule has 1 aliphatic rings. The number of aryl methyl sites for hydroxylation is 1. The van der Waals surface area contributed by atoms with Crippen molar-refractivity contribution in [2.75, 3.05) is 26.4 Å². The number of hydrogen-bond acceptors (Lipinski definition) is 4. The fourth-order valence-corrected chi connectivity index (χ4v) is 2.89. The third-order valence-electron chi connectivity index (χ3n) is 4.30. The van der Waals surface area contributed by atoms with Crippen LogP contribution in [0.1, 0.15) is 23.6 Å². The van der Waals surface area contributed by atoms with E-state index in [1.807, 2.05) is 26.0 Å². The van der Waals surface area contributed by atoms with Gasteiger partial charge >= 0.3 is 0 Å². The van der Waals surface area contributed by atoms with Crippen molar-refractivity contribution in [2.24, 2.45) is 4.99 Å². The maximum atomic E-state index is 13.8. The van der Waals surface area contributed by atoms with E-state index in [-0.39, 0.29) is 30.7 Å². The summed E-state index contributed by atoms with van der Waals surface area (Å²) >= 11 is 0. The second-order valence-electron chi connectivity index (χ2n) is 6.35. The van der Waals surface area contributed by atoms with Gasteiger partial charge in [-0.2, -0.15) is 0 Å². The molecule has 1 aliphatic heterocycles. The van der Waals surface area contributed by atoms with Crippen LogP contribution in [0, 0.1) is 18.6 Å². The molecular weight excluding hydrogens is 352 g/mol. The molecule has 0 amide bonds. The van der Waals surface area contributed by atoms with Gasteiger partial charge in [-0.15, -0.1) is 0 Å². The van der Waals surface area contributed by atoms with Crippen LogP contribution in [0.3, 0.4) is 0 Å². The van der Waals surface area contributed by atoms with E-state index < -0.39 is 11.6 Å². The molecule has 0 spiro atoms. The Morgan fingerprint density at radius 1 is 1.19 bits per heavy atom. The monoisotopic (exact) mass is 375 g/mol. The van der Waals surface area contributed by atoms with Crippen LogP contribution in [0.25, 0.3) is 0 Å². The zero-order chi connectivity index (χ0) is 19.2. The van der Waals surface area contributed by atoms with E-state index in [1.54, 1.807) is 0 Å². The van der Waals surface area contributed by atoms with Gasteiger partial charge in [-0.1, -0.05) is 18.2 Å². The first-order valence-corrected chi connectivity index (χ1v) is 9.03. The molecule has 0 fully saturated rings. The third kappa shape index (κ3) is 4.83. The number of nitrogens with zero attached hydrogens (tertiary/aromatic N) is 1. The van der Waals surface area contributed by atoms with Gasteiger partial charge in [0.25, 0.3) is 0 Å². The van der Waals surface area contributed by atoms with Gasteiger partial charge < -0.3 is 14.2 Å². The normalized spacial score (nSPS) is 16.1. The van der Waals surface area contributed by atoms with Crippen LogP contribution in [0.15, 0.2) is 41.4 Å². The smallest absolute Gasteiger partial charge is 0.222 e. The Bertz CT molecular complexity index is 803. The topological polar surface area (TPSA) is 40.0 Å².